The number of methoxy groups -OCH3 is 1. The minimum atomic E-state index is -0.689. The Morgan fingerprint density at radius 1 is 1.38 bits per heavy atom. The van der Waals surface area contributed by atoms with Crippen LogP contribution in [-0.4, -0.2) is 31.3 Å². The number of ether oxygens (including phenoxy) is 1. The molecular weight excluding hydrogens is 273 g/mol. The average Bonchev–Trinajstić information content (AvgIpc) is 2.54. The summed E-state index contributed by atoms with van der Waals surface area (Å²) in [7, 11) is 1.23. The Labute approximate surface area is 124 Å². The van der Waals surface area contributed by atoms with Gasteiger partial charge in [-0.05, 0) is 31.0 Å². The standard InChI is InChI=1S/C16H22FNO3/c1-21-15(20)13-9-12(5-6-14(13)17)18-10-16(11-19)7-3-2-4-8-16/h5-6,9,18-19H,2-4,7-8,10-11H2,1H3. The molecule has 1 saturated carbocycles. The SMILES string of the molecule is COC(=O)c1cc(NCC2(CO)CCCCC2)ccc1F. The fraction of sp³-hybridized carbons (Fsp3) is 0.562. The molecular formula is C16H22FNO3. The fourth-order valence-electron chi connectivity index (χ4n) is 2.88. The van der Waals surface area contributed by atoms with Crippen molar-refractivity contribution in [1.82, 2.24) is 0 Å². The molecule has 0 unspecified atom stereocenters. The van der Waals surface area contributed by atoms with Crippen molar-refractivity contribution in [3.8, 4) is 0 Å². The van der Waals surface area contributed by atoms with Crippen molar-refractivity contribution >= 4 is 11.7 Å². The van der Waals surface area contributed by atoms with Gasteiger partial charge in [0.1, 0.15) is 5.82 Å². The first-order valence-electron chi connectivity index (χ1n) is 7.33. The number of anilines is 1. The highest BCUT2D eigenvalue weighted by molar-refractivity contribution is 5.90. The summed E-state index contributed by atoms with van der Waals surface area (Å²) in [6.07, 6.45) is 5.44. The minimum absolute atomic E-state index is 0.0795. The summed E-state index contributed by atoms with van der Waals surface area (Å²) in [4.78, 5) is 11.5. The van der Waals surface area contributed by atoms with Gasteiger partial charge >= 0.3 is 5.97 Å². The van der Waals surface area contributed by atoms with E-state index < -0.39 is 11.8 Å². The number of aliphatic hydroxyl groups is 1. The highest BCUT2D eigenvalue weighted by Gasteiger charge is 2.31. The van der Waals surface area contributed by atoms with E-state index in [1.807, 2.05) is 0 Å². The quantitative estimate of drug-likeness (QED) is 0.820. The van der Waals surface area contributed by atoms with E-state index in [-0.39, 0.29) is 17.6 Å². The van der Waals surface area contributed by atoms with Crippen LogP contribution in [0.5, 0.6) is 0 Å². The predicted octanol–water partition coefficient (Wildman–Crippen LogP) is 2.97. The third-order valence-corrected chi connectivity index (χ3v) is 4.29. The van der Waals surface area contributed by atoms with Crippen molar-refractivity contribution in [3.63, 3.8) is 0 Å². The fourth-order valence-corrected chi connectivity index (χ4v) is 2.88. The van der Waals surface area contributed by atoms with Crippen LogP contribution >= 0.6 is 0 Å². The van der Waals surface area contributed by atoms with E-state index in [2.05, 4.69) is 10.1 Å². The van der Waals surface area contributed by atoms with Crippen molar-refractivity contribution in [2.45, 2.75) is 32.1 Å². The molecule has 0 heterocycles. The topological polar surface area (TPSA) is 58.6 Å². The molecule has 0 aliphatic heterocycles. The zero-order valence-electron chi connectivity index (χ0n) is 12.3. The lowest BCUT2D eigenvalue weighted by molar-refractivity contribution is 0.0595. The molecule has 21 heavy (non-hydrogen) atoms. The van der Waals surface area contributed by atoms with Gasteiger partial charge in [0.2, 0.25) is 0 Å². The molecule has 0 aromatic heterocycles. The lowest BCUT2D eigenvalue weighted by Gasteiger charge is -2.36. The number of carbonyl (C=O) groups excluding carboxylic acids is 1. The third kappa shape index (κ3) is 3.73. The second-order valence-electron chi connectivity index (χ2n) is 5.76. The molecule has 0 saturated heterocycles. The van der Waals surface area contributed by atoms with Crippen LogP contribution in [0.2, 0.25) is 0 Å². The van der Waals surface area contributed by atoms with Crippen molar-refractivity contribution < 1.29 is 19.0 Å². The number of rotatable bonds is 5. The second kappa shape index (κ2) is 6.89. The zero-order valence-corrected chi connectivity index (χ0v) is 12.3. The van der Waals surface area contributed by atoms with Gasteiger partial charge in [0, 0.05) is 17.6 Å². The van der Waals surface area contributed by atoms with E-state index in [0.717, 1.165) is 25.7 Å². The van der Waals surface area contributed by atoms with E-state index in [4.69, 9.17) is 0 Å². The van der Waals surface area contributed by atoms with Gasteiger partial charge in [0.15, 0.2) is 0 Å². The van der Waals surface area contributed by atoms with E-state index >= 15 is 0 Å². The molecule has 1 aliphatic carbocycles. The van der Waals surface area contributed by atoms with Gasteiger partial charge in [-0.2, -0.15) is 0 Å². The van der Waals surface area contributed by atoms with Gasteiger partial charge in [-0.3, -0.25) is 0 Å². The van der Waals surface area contributed by atoms with Crippen LogP contribution in [0.1, 0.15) is 42.5 Å². The van der Waals surface area contributed by atoms with Crippen LogP contribution in [0.3, 0.4) is 0 Å². The smallest absolute Gasteiger partial charge is 0.340 e. The molecule has 4 nitrogen and oxygen atoms in total. The Morgan fingerprint density at radius 2 is 2.10 bits per heavy atom. The molecule has 0 spiro atoms. The van der Waals surface area contributed by atoms with Crippen LogP contribution in [0, 0.1) is 11.2 Å². The molecule has 1 aromatic rings. The molecule has 1 aromatic carbocycles. The first-order chi connectivity index (χ1) is 10.1. The number of carbonyl (C=O) groups is 1. The van der Waals surface area contributed by atoms with Gasteiger partial charge in [0.25, 0.3) is 0 Å². The maximum Gasteiger partial charge on any atom is 0.340 e. The first-order valence-corrected chi connectivity index (χ1v) is 7.33. The van der Waals surface area contributed by atoms with E-state index in [1.54, 1.807) is 6.07 Å². The number of hydrogen-bond donors (Lipinski definition) is 2. The monoisotopic (exact) mass is 295 g/mol. The molecule has 2 N–H and O–H groups in total. The van der Waals surface area contributed by atoms with Gasteiger partial charge in [-0.1, -0.05) is 19.3 Å². The van der Waals surface area contributed by atoms with Crippen LogP contribution < -0.4 is 5.32 Å². The molecule has 0 bridgehead atoms. The molecule has 1 fully saturated rings. The van der Waals surface area contributed by atoms with Crippen molar-refractivity contribution in [2.75, 3.05) is 25.6 Å². The minimum Gasteiger partial charge on any atom is -0.465 e. The van der Waals surface area contributed by atoms with Gasteiger partial charge in [-0.25, -0.2) is 9.18 Å². The van der Waals surface area contributed by atoms with Crippen LogP contribution in [0.4, 0.5) is 10.1 Å². The molecule has 2 rings (SSSR count). The summed E-state index contributed by atoms with van der Waals surface area (Å²) in [5.41, 5.74) is 0.470. The van der Waals surface area contributed by atoms with Crippen LogP contribution in [0.25, 0.3) is 0 Å². The number of benzene rings is 1. The van der Waals surface area contributed by atoms with E-state index in [0.29, 0.717) is 12.2 Å². The van der Waals surface area contributed by atoms with Crippen LogP contribution in [-0.2, 0) is 4.74 Å². The van der Waals surface area contributed by atoms with E-state index in [1.165, 1.54) is 25.7 Å². The highest BCUT2D eigenvalue weighted by atomic mass is 19.1. The lowest BCUT2D eigenvalue weighted by atomic mass is 9.74. The maximum absolute atomic E-state index is 13.6. The summed E-state index contributed by atoms with van der Waals surface area (Å²) in [5, 5.41) is 12.9. The second-order valence-corrected chi connectivity index (χ2v) is 5.76. The van der Waals surface area contributed by atoms with Crippen molar-refractivity contribution in [2.24, 2.45) is 5.41 Å². The maximum atomic E-state index is 13.6. The normalized spacial score (nSPS) is 17.3. The van der Waals surface area contributed by atoms with Gasteiger partial charge < -0.3 is 15.2 Å². The van der Waals surface area contributed by atoms with E-state index in [9.17, 15) is 14.3 Å². The predicted molar refractivity (Wildman–Crippen MR) is 78.8 cm³/mol. The third-order valence-electron chi connectivity index (χ3n) is 4.29. The number of halogens is 1. The number of hydrogen-bond acceptors (Lipinski definition) is 4. The van der Waals surface area contributed by atoms with Gasteiger partial charge in [-0.15, -0.1) is 0 Å². The zero-order chi connectivity index (χ0) is 15.3. The number of esters is 1. The lowest BCUT2D eigenvalue weighted by Crippen LogP contribution is -2.35. The Kier molecular flexibility index (Phi) is 5.17. The molecule has 5 heteroatoms. The molecule has 0 atom stereocenters. The molecule has 116 valence electrons. The average molecular weight is 295 g/mol. The summed E-state index contributed by atoms with van der Waals surface area (Å²) in [6, 6.07) is 4.30. The Balaban J connectivity index is 2.07. The summed E-state index contributed by atoms with van der Waals surface area (Å²) in [6.45, 7) is 0.765. The van der Waals surface area contributed by atoms with Crippen molar-refractivity contribution in [1.29, 1.82) is 0 Å². The Bertz CT molecular complexity index is 498. The number of aliphatic hydroxyl groups excluding tert-OH is 1. The first kappa shape index (κ1) is 15.8. The summed E-state index contributed by atoms with van der Waals surface area (Å²) >= 11 is 0. The Hall–Kier alpha value is -1.62. The molecule has 0 radical (unpaired) electrons. The van der Waals surface area contributed by atoms with Crippen LogP contribution in [0.15, 0.2) is 18.2 Å². The number of nitrogens with one attached hydrogen (secondary N) is 1. The summed E-state index contributed by atoms with van der Waals surface area (Å²) < 4.78 is 18.1. The van der Waals surface area contributed by atoms with Gasteiger partial charge in [0.05, 0.1) is 19.3 Å². The Morgan fingerprint density at radius 3 is 2.71 bits per heavy atom. The largest absolute Gasteiger partial charge is 0.465 e. The molecule has 0 amide bonds. The molecule has 1 aliphatic rings. The summed E-state index contributed by atoms with van der Waals surface area (Å²) in [5.74, 6) is -1.28. The van der Waals surface area contributed by atoms with Crippen molar-refractivity contribution in [3.05, 3.63) is 29.6 Å². The highest BCUT2D eigenvalue weighted by Crippen LogP contribution is 2.36.